The number of hydrogen-bond acceptors (Lipinski definition) is 5. The van der Waals surface area contributed by atoms with Crippen LogP contribution >= 0.6 is 0 Å². The van der Waals surface area contributed by atoms with Crippen molar-refractivity contribution in [3.8, 4) is 0 Å². The lowest BCUT2D eigenvalue weighted by Gasteiger charge is -2.41. The van der Waals surface area contributed by atoms with E-state index in [1.807, 2.05) is 37.3 Å². The number of rotatable bonds is 8. The number of amides is 3. The number of benzene rings is 1. The highest BCUT2D eigenvalue weighted by molar-refractivity contribution is 5.94. The Kier molecular flexibility index (Phi) is 9.29. The van der Waals surface area contributed by atoms with Crippen LogP contribution in [0.25, 0.3) is 0 Å². The van der Waals surface area contributed by atoms with E-state index < -0.39 is 41.1 Å². The molecule has 1 aromatic carbocycles. The van der Waals surface area contributed by atoms with Gasteiger partial charge in [-0.2, -0.15) is 0 Å². The predicted molar refractivity (Wildman–Crippen MR) is 132 cm³/mol. The molecule has 0 aliphatic carbocycles. The van der Waals surface area contributed by atoms with E-state index in [4.69, 9.17) is 4.74 Å². The molecule has 0 aromatic heterocycles. The van der Waals surface area contributed by atoms with Gasteiger partial charge in [-0.15, -0.1) is 0 Å². The Morgan fingerprint density at radius 3 is 2.11 bits per heavy atom. The highest BCUT2D eigenvalue weighted by atomic mass is 16.6. The van der Waals surface area contributed by atoms with E-state index in [-0.39, 0.29) is 11.8 Å². The molecular weight excluding hydrogens is 450 g/mol. The van der Waals surface area contributed by atoms with Gasteiger partial charge < -0.3 is 25.4 Å². The van der Waals surface area contributed by atoms with Crippen LogP contribution in [0.15, 0.2) is 30.3 Å². The van der Waals surface area contributed by atoms with Gasteiger partial charge in [0.2, 0.25) is 11.8 Å². The summed E-state index contributed by atoms with van der Waals surface area (Å²) in [6.45, 7) is 11.2. The normalized spacial score (nSPS) is 18.1. The summed E-state index contributed by atoms with van der Waals surface area (Å²) in [4.78, 5) is 52.1. The first kappa shape index (κ1) is 28.1. The fourth-order valence-corrected chi connectivity index (χ4v) is 4.16. The smallest absolute Gasteiger partial charge is 0.410 e. The molecule has 1 aliphatic heterocycles. The summed E-state index contributed by atoms with van der Waals surface area (Å²) < 4.78 is 5.48. The second-order valence-corrected chi connectivity index (χ2v) is 10.3. The number of carboxylic acids is 1. The van der Waals surface area contributed by atoms with Crippen LogP contribution in [0.3, 0.4) is 0 Å². The van der Waals surface area contributed by atoms with Crippen molar-refractivity contribution < 1.29 is 29.0 Å². The molecule has 0 radical (unpaired) electrons. The van der Waals surface area contributed by atoms with Gasteiger partial charge in [-0.25, -0.2) is 9.59 Å². The van der Waals surface area contributed by atoms with Crippen molar-refractivity contribution in [2.75, 3.05) is 13.1 Å². The molecule has 194 valence electrons. The highest BCUT2D eigenvalue weighted by Gasteiger charge is 2.45. The summed E-state index contributed by atoms with van der Waals surface area (Å²) in [6.07, 6.45) is 0.891. The van der Waals surface area contributed by atoms with E-state index in [0.29, 0.717) is 32.4 Å². The summed E-state index contributed by atoms with van der Waals surface area (Å²) in [5.41, 5.74) is -0.747. The summed E-state index contributed by atoms with van der Waals surface area (Å²) in [6, 6.07) is 7.34. The third-order valence-electron chi connectivity index (χ3n) is 6.55. The molecule has 0 spiro atoms. The van der Waals surface area contributed by atoms with E-state index in [0.717, 1.165) is 5.56 Å². The van der Waals surface area contributed by atoms with Crippen molar-refractivity contribution in [3.63, 3.8) is 0 Å². The van der Waals surface area contributed by atoms with Crippen molar-refractivity contribution in [3.05, 3.63) is 35.9 Å². The van der Waals surface area contributed by atoms with Crippen LogP contribution in [0.2, 0.25) is 0 Å². The standard InChI is InChI=1S/C26H39N3O6/c1-7-17(2)20(22(31)32)28-21(30)18(3)27-23(33)26(19-11-9-8-10-12-19)13-15-29(16-14-26)24(34)35-25(4,5)6/h8-12,17-18,20H,7,13-16H2,1-6H3,(H,27,33)(H,28,30)(H,31,32)/t17-,18-,20+/m1/s1. The number of carbonyl (C=O) groups is 4. The zero-order chi connectivity index (χ0) is 26.4. The molecule has 1 saturated heterocycles. The van der Waals surface area contributed by atoms with E-state index in [9.17, 15) is 24.3 Å². The van der Waals surface area contributed by atoms with Crippen LogP contribution in [0.4, 0.5) is 4.79 Å². The molecular formula is C26H39N3O6. The molecule has 3 amide bonds. The SMILES string of the molecule is CC[C@@H](C)[C@H](NC(=O)[C@@H](C)NC(=O)C1(c2ccccc2)CCN(C(=O)OC(C)(C)C)CC1)C(=O)O. The number of carbonyl (C=O) groups excluding carboxylic acids is 3. The third-order valence-corrected chi connectivity index (χ3v) is 6.55. The maximum atomic E-state index is 13.6. The Bertz CT molecular complexity index is 903. The molecule has 3 N–H and O–H groups in total. The minimum absolute atomic E-state index is 0.257. The Balaban J connectivity index is 2.18. The average Bonchev–Trinajstić information content (AvgIpc) is 2.81. The van der Waals surface area contributed by atoms with Gasteiger partial charge in [-0.3, -0.25) is 9.59 Å². The number of ether oxygens (including phenoxy) is 1. The van der Waals surface area contributed by atoms with E-state index in [1.54, 1.807) is 32.6 Å². The number of piperidine rings is 1. The van der Waals surface area contributed by atoms with E-state index >= 15 is 0 Å². The van der Waals surface area contributed by atoms with Gasteiger partial charge in [0.05, 0.1) is 5.41 Å². The van der Waals surface area contributed by atoms with E-state index in [1.165, 1.54) is 6.92 Å². The van der Waals surface area contributed by atoms with Crippen molar-refractivity contribution in [2.45, 2.75) is 83.9 Å². The minimum atomic E-state index is -1.11. The van der Waals surface area contributed by atoms with Crippen LogP contribution in [0, 0.1) is 5.92 Å². The number of nitrogens with one attached hydrogen (secondary N) is 2. The molecule has 0 bridgehead atoms. The number of hydrogen-bond donors (Lipinski definition) is 3. The zero-order valence-corrected chi connectivity index (χ0v) is 21.6. The van der Waals surface area contributed by atoms with Crippen LogP contribution in [0.5, 0.6) is 0 Å². The van der Waals surface area contributed by atoms with Crippen molar-refractivity contribution in [1.82, 2.24) is 15.5 Å². The molecule has 1 aliphatic rings. The number of aliphatic carboxylic acids is 1. The molecule has 0 saturated carbocycles. The average molecular weight is 490 g/mol. The lowest BCUT2D eigenvalue weighted by molar-refractivity contribution is -0.143. The Hall–Kier alpha value is -3.10. The molecule has 9 nitrogen and oxygen atoms in total. The largest absolute Gasteiger partial charge is 0.480 e. The van der Waals surface area contributed by atoms with Gasteiger partial charge in [0.25, 0.3) is 0 Å². The molecule has 9 heteroatoms. The van der Waals surface area contributed by atoms with Gasteiger partial charge >= 0.3 is 12.1 Å². The Morgan fingerprint density at radius 2 is 1.63 bits per heavy atom. The Morgan fingerprint density at radius 1 is 1.06 bits per heavy atom. The zero-order valence-electron chi connectivity index (χ0n) is 21.6. The number of likely N-dealkylation sites (tertiary alicyclic amines) is 1. The van der Waals surface area contributed by atoms with Gasteiger partial charge in [-0.1, -0.05) is 50.6 Å². The number of carboxylic acid groups (broad SMARTS) is 1. The number of nitrogens with zero attached hydrogens (tertiary/aromatic N) is 1. The topological polar surface area (TPSA) is 125 Å². The molecule has 1 heterocycles. The fourth-order valence-electron chi connectivity index (χ4n) is 4.16. The van der Waals surface area contributed by atoms with Gasteiger partial charge in [-0.05, 0) is 52.0 Å². The maximum Gasteiger partial charge on any atom is 0.410 e. The van der Waals surface area contributed by atoms with Crippen molar-refractivity contribution in [2.24, 2.45) is 5.92 Å². The first-order chi connectivity index (χ1) is 16.3. The van der Waals surface area contributed by atoms with Crippen LogP contribution in [0.1, 0.15) is 66.4 Å². The van der Waals surface area contributed by atoms with Crippen LogP contribution in [-0.2, 0) is 24.5 Å². The molecule has 3 atom stereocenters. The lowest BCUT2D eigenvalue weighted by atomic mass is 9.72. The quantitative estimate of drug-likeness (QED) is 0.515. The predicted octanol–water partition coefficient (Wildman–Crippen LogP) is 3.08. The first-order valence-corrected chi connectivity index (χ1v) is 12.2. The summed E-state index contributed by atoms with van der Waals surface area (Å²) in [5.74, 6) is -2.25. The van der Waals surface area contributed by atoms with E-state index in [2.05, 4.69) is 10.6 Å². The lowest BCUT2D eigenvalue weighted by Crippen LogP contribution is -2.58. The van der Waals surface area contributed by atoms with Gasteiger partial charge in [0.1, 0.15) is 17.7 Å². The van der Waals surface area contributed by atoms with Crippen LogP contribution in [-0.4, -0.2) is 64.7 Å². The summed E-state index contributed by atoms with van der Waals surface area (Å²) in [7, 11) is 0. The highest BCUT2D eigenvalue weighted by Crippen LogP contribution is 2.36. The molecule has 35 heavy (non-hydrogen) atoms. The maximum absolute atomic E-state index is 13.6. The van der Waals surface area contributed by atoms with Crippen molar-refractivity contribution in [1.29, 1.82) is 0 Å². The third kappa shape index (κ3) is 7.19. The fraction of sp³-hybridized carbons (Fsp3) is 0.615. The van der Waals surface area contributed by atoms with Crippen molar-refractivity contribution >= 4 is 23.9 Å². The monoisotopic (exact) mass is 489 g/mol. The second kappa shape index (κ2) is 11.6. The first-order valence-electron chi connectivity index (χ1n) is 12.2. The summed E-state index contributed by atoms with van der Waals surface area (Å²) >= 11 is 0. The summed E-state index contributed by atoms with van der Waals surface area (Å²) in [5, 5.41) is 14.8. The molecule has 1 fully saturated rings. The molecule has 1 aromatic rings. The Labute approximate surface area is 207 Å². The molecule has 2 rings (SSSR count). The second-order valence-electron chi connectivity index (χ2n) is 10.3. The van der Waals surface area contributed by atoms with Gasteiger partial charge in [0, 0.05) is 13.1 Å². The van der Waals surface area contributed by atoms with Gasteiger partial charge in [0.15, 0.2) is 0 Å². The molecule has 0 unspecified atom stereocenters. The minimum Gasteiger partial charge on any atom is -0.480 e. The van der Waals surface area contributed by atoms with Crippen LogP contribution < -0.4 is 10.6 Å².